The average Bonchev–Trinajstić information content (AvgIpc) is 2.47. The van der Waals surface area contributed by atoms with Crippen molar-refractivity contribution in [1.29, 1.82) is 0 Å². The topological polar surface area (TPSA) is 44.8 Å². The second kappa shape index (κ2) is 6.91. The molecule has 1 saturated heterocycles. The molecule has 2 fully saturated rings. The quantitative estimate of drug-likeness (QED) is 0.593. The second-order valence-electron chi connectivity index (χ2n) is 5.50. The molecule has 122 valence electrons. The van der Waals surface area contributed by atoms with Crippen LogP contribution in [0.25, 0.3) is 0 Å². The number of carbonyl (C=O) groups excluding carboxylic acids is 1. The maximum atomic E-state index is 12.4. The van der Waals surface area contributed by atoms with E-state index in [1.807, 2.05) is 0 Å². The van der Waals surface area contributed by atoms with Crippen molar-refractivity contribution in [3.63, 3.8) is 0 Å². The van der Waals surface area contributed by atoms with Gasteiger partial charge in [-0.05, 0) is 25.7 Å². The summed E-state index contributed by atoms with van der Waals surface area (Å²) in [5.74, 6) is -2.33. The van der Waals surface area contributed by atoms with E-state index < -0.39 is 31.2 Å². The van der Waals surface area contributed by atoms with Crippen LogP contribution in [0.15, 0.2) is 0 Å². The predicted octanol–water partition coefficient (Wildman–Crippen LogP) is 2.61. The van der Waals surface area contributed by atoms with Crippen LogP contribution in [-0.4, -0.2) is 44.4 Å². The third-order valence-electron chi connectivity index (χ3n) is 3.82. The van der Waals surface area contributed by atoms with Gasteiger partial charge in [-0.15, -0.1) is 0 Å². The molecule has 4 nitrogen and oxygen atoms in total. The van der Waals surface area contributed by atoms with E-state index in [0.29, 0.717) is 38.9 Å². The third-order valence-corrected chi connectivity index (χ3v) is 3.82. The van der Waals surface area contributed by atoms with E-state index >= 15 is 0 Å². The smallest absolute Gasteiger partial charge is 0.456 e. The lowest BCUT2D eigenvalue weighted by Gasteiger charge is -2.36. The minimum Gasteiger partial charge on any atom is -0.456 e. The molecule has 0 amide bonds. The normalized spacial score (nSPS) is 34.5. The summed E-state index contributed by atoms with van der Waals surface area (Å²) in [6.07, 6.45) is -4.29. The molecular weight excluding hydrogens is 296 g/mol. The first-order valence-corrected chi connectivity index (χ1v) is 6.97. The van der Waals surface area contributed by atoms with Crippen LogP contribution in [0.1, 0.15) is 25.7 Å². The Kier molecular flexibility index (Phi) is 5.43. The molecular formula is C13H18F4O4. The SMILES string of the molecule is O=C(OC1CCC(C2OCC(CF)CO2)CC1)C(F)(F)F. The van der Waals surface area contributed by atoms with Crippen LogP contribution in [0.4, 0.5) is 17.6 Å². The largest absolute Gasteiger partial charge is 0.490 e. The van der Waals surface area contributed by atoms with Crippen LogP contribution in [0.3, 0.4) is 0 Å². The van der Waals surface area contributed by atoms with Gasteiger partial charge in [-0.25, -0.2) is 4.79 Å². The number of carbonyl (C=O) groups is 1. The number of hydrogen-bond acceptors (Lipinski definition) is 4. The molecule has 0 unspecified atom stereocenters. The Morgan fingerprint density at radius 1 is 1.10 bits per heavy atom. The molecule has 2 aliphatic rings. The zero-order valence-electron chi connectivity index (χ0n) is 11.4. The van der Waals surface area contributed by atoms with Crippen LogP contribution in [0, 0.1) is 11.8 Å². The summed E-state index contributed by atoms with van der Waals surface area (Å²) in [4.78, 5) is 10.8. The van der Waals surface area contributed by atoms with Gasteiger partial charge in [0, 0.05) is 11.8 Å². The molecule has 1 saturated carbocycles. The van der Waals surface area contributed by atoms with E-state index in [0.717, 1.165) is 0 Å². The Hall–Kier alpha value is -0.890. The van der Waals surface area contributed by atoms with Crippen molar-refractivity contribution in [2.24, 2.45) is 11.8 Å². The highest BCUT2D eigenvalue weighted by Gasteiger charge is 2.43. The van der Waals surface area contributed by atoms with Gasteiger partial charge < -0.3 is 14.2 Å². The highest BCUT2D eigenvalue weighted by Crippen LogP contribution is 2.33. The third kappa shape index (κ3) is 4.54. The number of esters is 1. The fourth-order valence-corrected chi connectivity index (χ4v) is 2.62. The van der Waals surface area contributed by atoms with Crippen LogP contribution in [0.5, 0.6) is 0 Å². The first-order chi connectivity index (χ1) is 9.90. The summed E-state index contributed by atoms with van der Waals surface area (Å²) in [5.41, 5.74) is 0. The Morgan fingerprint density at radius 2 is 1.67 bits per heavy atom. The molecule has 0 radical (unpaired) electrons. The van der Waals surface area contributed by atoms with E-state index in [1.165, 1.54) is 0 Å². The van der Waals surface area contributed by atoms with E-state index in [1.54, 1.807) is 0 Å². The lowest BCUT2D eigenvalue weighted by molar-refractivity contribution is -0.234. The van der Waals surface area contributed by atoms with Crippen molar-refractivity contribution in [3.05, 3.63) is 0 Å². The molecule has 0 aromatic carbocycles. The zero-order valence-corrected chi connectivity index (χ0v) is 11.4. The summed E-state index contributed by atoms with van der Waals surface area (Å²) in [5, 5.41) is 0. The van der Waals surface area contributed by atoms with E-state index in [9.17, 15) is 22.4 Å². The van der Waals surface area contributed by atoms with Crippen LogP contribution in [0.2, 0.25) is 0 Å². The fourth-order valence-electron chi connectivity index (χ4n) is 2.62. The number of alkyl halides is 4. The fraction of sp³-hybridized carbons (Fsp3) is 0.923. The van der Waals surface area contributed by atoms with Crippen molar-refractivity contribution in [2.75, 3.05) is 19.9 Å². The summed E-state index contributed by atoms with van der Waals surface area (Å²) < 4.78 is 64.0. The van der Waals surface area contributed by atoms with Gasteiger partial charge >= 0.3 is 12.1 Å². The van der Waals surface area contributed by atoms with Crippen LogP contribution < -0.4 is 0 Å². The van der Waals surface area contributed by atoms with E-state index in [4.69, 9.17) is 9.47 Å². The number of ether oxygens (including phenoxy) is 3. The second-order valence-corrected chi connectivity index (χ2v) is 5.50. The van der Waals surface area contributed by atoms with Crippen molar-refractivity contribution in [2.45, 2.75) is 44.3 Å². The van der Waals surface area contributed by atoms with Gasteiger partial charge in [0.2, 0.25) is 0 Å². The minimum atomic E-state index is -4.95. The molecule has 0 atom stereocenters. The van der Waals surface area contributed by atoms with Gasteiger partial charge in [-0.3, -0.25) is 4.39 Å². The molecule has 0 aromatic heterocycles. The molecule has 1 aliphatic carbocycles. The van der Waals surface area contributed by atoms with Crippen LogP contribution >= 0.6 is 0 Å². The van der Waals surface area contributed by atoms with Crippen LogP contribution in [-0.2, 0) is 19.0 Å². The maximum Gasteiger partial charge on any atom is 0.490 e. The first kappa shape index (κ1) is 16.5. The summed E-state index contributed by atoms with van der Waals surface area (Å²) in [6, 6.07) is 0. The Morgan fingerprint density at radius 3 is 2.14 bits per heavy atom. The van der Waals surface area contributed by atoms with Gasteiger partial charge in [0.1, 0.15) is 6.10 Å². The minimum absolute atomic E-state index is 0.0476. The lowest BCUT2D eigenvalue weighted by Crippen LogP contribution is -2.40. The monoisotopic (exact) mass is 314 g/mol. The van der Waals surface area contributed by atoms with Crippen molar-refractivity contribution in [1.82, 2.24) is 0 Å². The molecule has 2 rings (SSSR count). The molecule has 1 aliphatic heterocycles. The molecule has 8 heteroatoms. The van der Waals surface area contributed by atoms with Gasteiger partial charge in [0.15, 0.2) is 6.29 Å². The number of halogens is 4. The van der Waals surface area contributed by atoms with Gasteiger partial charge in [-0.1, -0.05) is 0 Å². The Bertz CT molecular complexity index is 345. The average molecular weight is 314 g/mol. The van der Waals surface area contributed by atoms with Crippen molar-refractivity contribution in [3.8, 4) is 0 Å². The molecule has 21 heavy (non-hydrogen) atoms. The maximum absolute atomic E-state index is 12.4. The standard InChI is InChI=1S/C13H18F4O4/c14-5-8-6-19-11(20-7-8)9-1-3-10(4-2-9)21-12(18)13(15,16)17/h8-11H,1-7H2. The van der Waals surface area contributed by atoms with Crippen molar-refractivity contribution < 1.29 is 36.6 Å². The van der Waals surface area contributed by atoms with Gasteiger partial charge in [-0.2, -0.15) is 13.2 Å². The lowest BCUT2D eigenvalue weighted by atomic mass is 9.86. The molecule has 0 N–H and O–H groups in total. The Labute approximate surface area is 119 Å². The van der Waals surface area contributed by atoms with Crippen molar-refractivity contribution >= 4 is 5.97 Å². The highest BCUT2D eigenvalue weighted by atomic mass is 19.4. The molecule has 0 bridgehead atoms. The molecule has 0 aromatic rings. The van der Waals surface area contributed by atoms with E-state index in [2.05, 4.69) is 4.74 Å². The Balaban J connectivity index is 1.72. The summed E-state index contributed by atoms with van der Waals surface area (Å²) in [6.45, 7) is 0.0984. The number of hydrogen-bond donors (Lipinski definition) is 0. The van der Waals surface area contributed by atoms with E-state index in [-0.39, 0.29) is 11.8 Å². The molecule has 0 spiro atoms. The van der Waals surface area contributed by atoms with Gasteiger partial charge in [0.25, 0.3) is 0 Å². The predicted molar refractivity (Wildman–Crippen MR) is 63.1 cm³/mol. The summed E-state index contributed by atoms with van der Waals surface area (Å²) in [7, 11) is 0. The number of rotatable bonds is 3. The highest BCUT2D eigenvalue weighted by molar-refractivity contribution is 5.75. The first-order valence-electron chi connectivity index (χ1n) is 6.97. The summed E-state index contributed by atoms with van der Waals surface area (Å²) >= 11 is 0. The van der Waals surface area contributed by atoms with Gasteiger partial charge in [0.05, 0.1) is 19.9 Å². The molecule has 1 heterocycles. The zero-order chi connectivity index (χ0) is 15.5.